The fourth-order valence-electron chi connectivity index (χ4n) is 3.62. The quantitative estimate of drug-likeness (QED) is 0.639. The van der Waals surface area contributed by atoms with E-state index in [1.165, 1.54) is 0 Å². The predicted octanol–water partition coefficient (Wildman–Crippen LogP) is 1.09. The number of pyridine rings is 3. The summed E-state index contributed by atoms with van der Waals surface area (Å²) in [6.45, 7) is 5.57. The van der Waals surface area contributed by atoms with Gasteiger partial charge in [-0.3, -0.25) is 24.6 Å². The maximum atomic E-state index is 12.7. The van der Waals surface area contributed by atoms with Gasteiger partial charge in [0.15, 0.2) is 0 Å². The lowest BCUT2D eigenvalue weighted by Gasteiger charge is -2.25. The SMILES string of the molecule is O=C(c1ccc(CN(Cc2ccccn2)Cc2ccccn2)nc1)N1CC[NH2+]CC1. The molecule has 1 aliphatic rings. The van der Waals surface area contributed by atoms with Gasteiger partial charge in [0.1, 0.15) is 0 Å². The third-order valence-corrected chi connectivity index (χ3v) is 5.17. The fraction of sp³-hybridized carbons (Fsp3) is 0.304. The summed E-state index contributed by atoms with van der Waals surface area (Å²) in [6, 6.07) is 15.7. The molecule has 2 N–H and O–H groups in total. The Bertz CT molecular complexity index is 885. The van der Waals surface area contributed by atoms with Gasteiger partial charge in [-0.2, -0.15) is 0 Å². The zero-order valence-corrected chi connectivity index (χ0v) is 17.0. The van der Waals surface area contributed by atoms with Gasteiger partial charge in [0.05, 0.1) is 48.8 Å². The monoisotopic (exact) mass is 403 g/mol. The van der Waals surface area contributed by atoms with Crippen LogP contribution in [0, 0.1) is 0 Å². The number of aromatic nitrogens is 3. The highest BCUT2D eigenvalue weighted by Gasteiger charge is 2.20. The lowest BCUT2D eigenvalue weighted by molar-refractivity contribution is -0.661. The van der Waals surface area contributed by atoms with Crippen molar-refractivity contribution < 1.29 is 10.1 Å². The molecular formula is C23H27N6O+. The Morgan fingerprint density at radius 3 is 1.93 bits per heavy atom. The summed E-state index contributed by atoms with van der Waals surface area (Å²) in [6.07, 6.45) is 5.33. The van der Waals surface area contributed by atoms with Crippen molar-refractivity contribution in [3.63, 3.8) is 0 Å². The van der Waals surface area contributed by atoms with Crippen LogP contribution in [-0.4, -0.2) is 56.8 Å². The number of piperazine rings is 1. The minimum Gasteiger partial charge on any atom is -0.343 e. The van der Waals surface area contributed by atoms with Crippen LogP contribution in [0.5, 0.6) is 0 Å². The van der Waals surface area contributed by atoms with Gasteiger partial charge in [-0.15, -0.1) is 0 Å². The largest absolute Gasteiger partial charge is 0.343 e. The number of rotatable bonds is 7. The van der Waals surface area contributed by atoms with Gasteiger partial charge in [-0.05, 0) is 36.4 Å². The van der Waals surface area contributed by atoms with Crippen LogP contribution < -0.4 is 5.32 Å². The maximum absolute atomic E-state index is 12.7. The van der Waals surface area contributed by atoms with E-state index >= 15 is 0 Å². The Kier molecular flexibility index (Phi) is 6.74. The molecule has 30 heavy (non-hydrogen) atoms. The first-order valence-electron chi connectivity index (χ1n) is 10.4. The third-order valence-electron chi connectivity index (χ3n) is 5.17. The Balaban J connectivity index is 1.45. The highest BCUT2D eigenvalue weighted by Crippen LogP contribution is 2.12. The predicted molar refractivity (Wildman–Crippen MR) is 113 cm³/mol. The van der Waals surface area contributed by atoms with E-state index in [-0.39, 0.29) is 5.91 Å². The van der Waals surface area contributed by atoms with Gasteiger partial charge in [-0.25, -0.2) is 0 Å². The second-order valence-electron chi connectivity index (χ2n) is 7.48. The third kappa shape index (κ3) is 5.46. The second-order valence-corrected chi connectivity index (χ2v) is 7.48. The van der Waals surface area contributed by atoms with Gasteiger partial charge in [0, 0.05) is 38.2 Å². The summed E-state index contributed by atoms with van der Waals surface area (Å²) < 4.78 is 0. The van der Waals surface area contributed by atoms with Crippen molar-refractivity contribution >= 4 is 5.91 Å². The van der Waals surface area contributed by atoms with Crippen LogP contribution >= 0.6 is 0 Å². The number of carbonyl (C=O) groups is 1. The van der Waals surface area contributed by atoms with E-state index in [1.54, 1.807) is 6.20 Å². The van der Waals surface area contributed by atoms with Gasteiger partial charge in [0.25, 0.3) is 5.91 Å². The average molecular weight is 404 g/mol. The van der Waals surface area contributed by atoms with Crippen molar-refractivity contribution in [1.29, 1.82) is 0 Å². The summed E-state index contributed by atoms with van der Waals surface area (Å²) in [5.74, 6) is 0.0703. The van der Waals surface area contributed by atoms with Crippen LogP contribution in [0.1, 0.15) is 27.4 Å². The normalized spacial score (nSPS) is 14.1. The van der Waals surface area contributed by atoms with Crippen LogP contribution in [0.3, 0.4) is 0 Å². The number of nitrogens with two attached hydrogens (primary N) is 1. The van der Waals surface area contributed by atoms with Gasteiger partial charge in [-0.1, -0.05) is 12.1 Å². The van der Waals surface area contributed by atoms with Crippen molar-refractivity contribution in [3.8, 4) is 0 Å². The van der Waals surface area contributed by atoms with Crippen LogP contribution in [-0.2, 0) is 19.6 Å². The zero-order valence-electron chi connectivity index (χ0n) is 17.0. The van der Waals surface area contributed by atoms with Crippen LogP contribution in [0.2, 0.25) is 0 Å². The molecule has 7 nitrogen and oxygen atoms in total. The van der Waals surface area contributed by atoms with Crippen LogP contribution in [0.25, 0.3) is 0 Å². The highest BCUT2D eigenvalue weighted by atomic mass is 16.2. The van der Waals surface area contributed by atoms with Gasteiger partial charge < -0.3 is 10.2 Å². The van der Waals surface area contributed by atoms with E-state index in [4.69, 9.17) is 0 Å². The van der Waals surface area contributed by atoms with Crippen LogP contribution in [0.4, 0.5) is 0 Å². The lowest BCUT2D eigenvalue weighted by Crippen LogP contribution is -2.89. The topological polar surface area (TPSA) is 78.8 Å². The molecule has 1 aliphatic heterocycles. The van der Waals surface area contributed by atoms with E-state index in [9.17, 15) is 4.79 Å². The van der Waals surface area contributed by atoms with E-state index in [2.05, 4.69) is 25.2 Å². The molecule has 0 aliphatic carbocycles. The van der Waals surface area contributed by atoms with Crippen molar-refractivity contribution in [2.24, 2.45) is 0 Å². The first kappa shape index (κ1) is 20.1. The number of hydrogen-bond donors (Lipinski definition) is 1. The molecule has 0 radical (unpaired) electrons. The van der Waals surface area contributed by atoms with Crippen molar-refractivity contribution in [3.05, 3.63) is 89.8 Å². The number of carbonyl (C=O) groups excluding carboxylic acids is 1. The second kappa shape index (κ2) is 10.0. The molecule has 0 aromatic carbocycles. The average Bonchev–Trinajstić information content (AvgIpc) is 2.81. The molecule has 3 aromatic rings. The molecule has 7 heteroatoms. The number of nitrogens with zero attached hydrogens (tertiary/aromatic N) is 5. The molecular weight excluding hydrogens is 376 g/mol. The Morgan fingerprint density at radius 1 is 0.833 bits per heavy atom. The molecule has 0 saturated carbocycles. The Hall–Kier alpha value is -3.16. The molecule has 0 spiro atoms. The summed E-state index contributed by atoms with van der Waals surface area (Å²) >= 11 is 0. The zero-order chi connectivity index (χ0) is 20.6. The van der Waals surface area contributed by atoms with Crippen molar-refractivity contribution in [2.45, 2.75) is 19.6 Å². The molecule has 1 amide bonds. The smallest absolute Gasteiger partial charge is 0.255 e. The van der Waals surface area contributed by atoms with Crippen molar-refractivity contribution in [2.75, 3.05) is 26.2 Å². The summed E-state index contributed by atoms with van der Waals surface area (Å²) in [7, 11) is 0. The van der Waals surface area contributed by atoms with Gasteiger partial charge >= 0.3 is 0 Å². The highest BCUT2D eigenvalue weighted by molar-refractivity contribution is 5.93. The molecule has 0 unspecified atom stereocenters. The van der Waals surface area contributed by atoms with E-state index < -0.39 is 0 Å². The summed E-state index contributed by atoms with van der Waals surface area (Å²) in [5.41, 5.74) is 3.58. The van der Waals surface area contributed by atoms with Crippen molar-refractivity contribution in [1.82, 2.24) is 24.8 Å². The fourth-order valence-corrected chi connectivity index (χ4v) is 3.62. The number of quaternary nitrogens is 1. The Morgan fingerprint density at radius 2 is 1.43 bits per heavy atom. The van der Waals surface area contributed by atoms with E-state index in [1.807, 2.05) is 65.8 Å². The summed E-state index contributed by atoms with van der Waals surface area (Å²) in [5, 5.41) is 2.24. The minimum absolute atomic E-state index is 0.0703. The first-order chi connectivity index (χ1) is 14.8. The molecule has 4 heterocycles. The summed E-state index contributed by atoms with van der Waals surface area (Å²) in [4.78, 5) is 30.3. The van der Waals surface area contributed by atoms with E-state index in [0.717, 1.165) is 43.3 Å². The number of amides is 1. The Labute approximate surface area is 176 Å². The standard InChI is InChI=1S/C23H26N6O/c30-23(29-13-11-24-12-14-29)19-7-8-22(27-15-19)18-28(16-20-5-1-3-9-25-20)17-21-6-2-4-10-26-21/h1-10,15,24H,11-14,16-18H2/p+1. The minimum atomic E-state index is 0.0703. The van der Waals surface area contributed by atoms with Crippen LogP contribution in [0.15, 0.2) is 67.1 Å². The molecule has 1 saturated heterocycles. The molecule has 0 bridgehead atoms. The molecule has 1 fully saturated rings. The first-order valence-corrected chi connectivity index (χ1v) is 10.4. The lowest BCUT2D eigenvalue weighted by atomic mass is 10.2. The maximum Gasteiger partial charge on any atom is 0.255 e. The molecule has 0 atom stereocenters. The molecule has 3 aromatic heterocycles. The molecule has 4 rings (SSSR count). The van der Waals surface area contributed by atoms with E-state index in [0.29, 0.717) is 25.2 Å². The van der Waals surface area contributed by atoms with Gasteiger partial charge in [0.2, 0.25) is 0 Å². The molecule has 154 valence electrons. The number of hydrogen-bond acceptors (Lipinski definition) is 5.